The van der Waals surface area contributed by atoms with E-state index < -0.39 is 35.9 Å². The zero-order valence-electron chi connectivity index (χ0n) is 17.7. The second-order valence-corrected chi connectivity index (χ2v) is 7.43. The van der Waals surface area contributed by atoms with Gasteiger partial charge in [0, 0.05) is 31.1 Å². The van der Waals surface area contributed by atoms with Gasteiger partial charge in [0.25, 0.3) is 5.91 Å². The molecule has 3 N–H and O–H groups in total. The fourth-order valence-electron chi connectivity index (χ4n) is 3.78. The van der Waals surface area contributed by atoms with E-state index in [0.29, 0.717) is 31.8 Å². The van der Waals surface area contributed by atoms with Crippen molar-refractivity contribution in [3.05, 3.63) is 47.0 Å². The largest absolute Gasteiger partial charge is 0.478 e. The van der Waals surface area contributed by atoms with E-state index in [0.717, 1.165) is 0 Å². The molecule has 0 saturated carbocycles. The number of aryl methyl sites for hydroxylation is 1. The number of benzene rings is 1. The molecule has 2 unspecified atom stereocenters. The Bertz CT molecular complexity index is 976. The summed E-state index contributed by atoms with van der Waals surface area (Å²) in [6.07, 6.45) is -4.57. The first-order valence-corrected chi connectivity index (χ1v) is 10.3. The molecular weight excluding hydrogens is 429 g/mol. The minimum absolute atomic E-state index is 0.0600. The van der Waals surface area contributed by atoms with Gasteiger partial charge in [-0.05, 0) is 38.0 Å². The highest BCUT2D eigenvalue weighted by molar-refractivity contribution is 5.91. The summed E-state index contributed by atoms with van der Waals surface area (Å²) in [4.78, 5) is 31.8. The summed E-state index contributed by atoms with van der Waals surface area (Å²) in [5.41, 5.74) is -0.347. The van der Waals surface area contributed by atoms with Crippen LogP contribution in [0.5, 0.6) is 0 Å². The van der Waals surface area contributed by atoms with Crippen LogP contribution in [0.25, 0.3) is 0 Å². The predicted octanol–water partition coefficient (Wildman–Crippen LogP) is 3.10. The summed E-state index contributed by atoms with van der Waals surface area (Å²) >= 11 is 0. The molecule has 1 aliphatic heterocycles. The van der Waals surface area contributed by atoms with E-state index in [1.165, 1.54) is 6.07 Å². The number of rotatable bonds is 7. The molecule has 1 aliphatic rings. The Hall–Kier alpha value is -3.08. The van der Waals surface area contributed by atoms with Gasteiger partial charge < -0.3 is 25.0 Å². The lowest BCUT2D eigenvalue weighted by Crippen LogP contribution is -2.55. The maximum atomic E-state index is 13.1. The number of H-pyrrole nitrogens is 1. The van der Waals surface area contributed by atoms with E-state index in [4.69, 9.17) is 4.74 Å². The SMILES string of the molecule is CCOC1CN(c2cccc(C(=O)O)c2)CCC1NC(=O)c1nc(C(F)(F)F)c(CC)[nH]1. The van der Waals surface area contributed by atoms with Crippen LogP contribution < -0.4 is 10.2 Å². The maximum Gasteiger partial charge on any atom is 0.435 e. The molecule has 0 aliphatic carbocycles. The Balaban J connectivity index is 1.74. The fourth-order valence-corrected chi connectivity index (χ4v) is 3.78. The third-order valence-electron chi connectivity index (χ3n) is 5.33. The van der Waals surface area contributed by atoms with Crippen LogP contribution in [-0.4, -0.2) is 58.8 Å². The standard InChI is InChI=1S/C21H25F3N4O4/c1-3-14-17(21(22,23)24)27-18(25-14)19(29)26-15-8-9-28(11-16(15)32-4-2)13-7-5-6-12(10-13)20(30)31/h5-7,10,15-16H,3-4,8-9,11H2,1-2H3,(H,25,27)(H,26,29)(H,30,31). The highest BCUT2D eigenvalue weighted by atomic mass is 19.4. The van der Waals surface area contributed by atoms with E-state index >= 15 is 0 Å². The number of aromatic carboxylic acids is 1. The van der Waals surface area contributed by atoms with Crippen molar-refractivity contribution in [3.8, 4) is 0 Å². The third kappa shape index (κ3) is 5.21. The first-order valence-electron chi connectivity index (χ1n) is 10.3. The normalized spacial score (nSPS) is 19.1. The number of anilines is 1. The molecule has 1 fully saturated rings. The van der Waals surface area contributed by atoms with Crippen molar-refractivity contribution in [3.63, 3.8) is 0 Å². The number of carboxylic acids is 1. The van der Waals surface area contributed by atoms with Gasteiger partial charge in [0.1, 0.15) is 0 Å². The van der Waals surface area contributed by atoms with Crippen LogP contribution >= 0.6 is 0 Å². The summed E-state index contributed by atoms with van der Waals surface area (Å²) < 4.78 is 45.2. The van der Waals surface area contributed by atoms with Gasteiger partial charge in [-0.25, -0.2) is 9.78 Å². The molecular formula is C21H25F3N4O4. The first-order chi connectivity index (χ1) is 15.1. The summed E-state index contributed by atoms with van der Waals surface area (Å²) in [5.74, 6) is -2.15. The van der Waals surface area contributed by atoms with Crippen molar-refractivity contribution < 1.29 is 32.6 Å². The summed E-state index contributed by atoms with van der Waals surface area (Å²) in [6.45, 7) is 4.61. The van der Waals surface area contributed by atoms with E-state index in [1.54, 1.807) is 32.0 Å². The van der Waals surface area contributed by atoms with Gasteiger partial charge in [-0.3, -0.25) is 4.79 Å². The van der Waals surface area contributed by atoms with Gasteiger partial charge >= 0.3 is 12.1 Å². The molecule has 174 valence electrons. The van der Waals surface area contributed by atoms with E-state index in [2.05, 4.69) is 15.3 Å². The van der Waals surface area contributed by atoms with Gasteiger partial charge in [0.15, 0.2) is 11.5 Å². The molecule has 1 aromatic carbocycles. The number of ether oxygens (including phenoxy) is 1. The van der Waals surface area contributed by atoms with Crippen molar-refractivity contribution in [2.24, 2.45) is 0 Å². The number of carbonyl (C=O) groups excluding carboxylic acids is 1. The molecule has 2 heterocycles. The number of carbonyl (C=O) groups is 2. The quantitative estimate of drug-likeness (QED) is 0.594. The Morgan fingerprint density at radius 2 is 2.09 bits per heavy atom. The number of alkyl halides is 3. The number of aromatic nitrogens is 2. The van der Waals surface area contributed by atoms with Crippen molar-refractivity contribution in [2.45, 2.75) is 45.0 Å². The first kappa shape index (κ1) is 23.6. The molecule has 1 aromatic heterocycles. The molecule has 1 amide bonds. The molecule has 0 radical (unpaired) electrons. The lowest BCUT2D eigenvalue weighted by Gasteiger charge is -2.39. The van der Waals surface area contributed by atoms with Gasteiger partial charge in [-0.1, -0.05) is 13.0 Å². The van der Waals surface area contributed by atoms with Crippen LogP contribution in [0.15, 0.2) is 24.3 Å². The minimum atomic E-state index is -4.65. The number of hydrogen-bond acceptors (Lipinski definition) is 5. The van der Waals surface area contributed by atoms with Gasteiger partial charge in [0.2, 0.25) is 0 Å². The number of aromatic amines is 1. The van der Waals surface area contributed by atoms with Crippen LogP contribution in [0.3, 0.4) is 0 Å². The van der Waals surface area contributed by atoms with Gasteiger partial charge in [-0.2, -0.15) is 13.2 Å². The molecule has 2 aromatic rings. The highest BCUT2D eigenvalue weighted by Crippen LogP contribution is 2.31. The monoisotopic (exact) mass is 454 g/mol. The number of amides is 1. The van der Waals surface area contributed by atoms with Gasteiger partial charge in [0.05, 0.1) is 17.7 Å². The lowest BCUT2D eigenvalue weighted by atomic mass is 10.0. The minimum Gasteiger partial charge on any atom is -0.478 e. The fraction of sp³-hybridized carbons (Fsp3) is 0.476. The number of nitrogens with one attached hydrogen (secondary N) is 2. The molecule has 1 saturated heterocycles. The van der Waals surface area contributed by atoms with Crippen LogP contribution in [-0.2, 0) is 17.3 Å². The average molecular weight is 454 g/mol. The summed E-state index contributed by atoms with van der Waals surface area (Å²) in [7, 11) is 0. The van der Waals surface area contributed by atoms with Crippen LogP contribution in [0.2, 0.25) is 0 Å². The van der Waals surface area contributed by atoms with Crippen molar-refractivity contribution in [2.75, 3.05) is 24.6 Å². The van der Waals surface area contributed by atoms with Crippen molar-refractivity contribution >= 4 is 17.6 Å². The molecule has 8 nitrogen and oxygen atoms in total. The van der Waals surface area contributed by atoms with Gasteiger partial charge in [-0.15, -0.1) is 0 Å². The molecule has 3 rings (SSSR count). The number of imidazole rings is 1. The Kier molecular flexibility index (Phi) is 7.07. The molecule has 2 atom stereocenters. The second-order valence-electron chi connectivity index (χ2n) is 7.43. The molecule has 0 spiro atoms. The van der Waals surface area contributed by atoms with E-state index in [1.807, 2.05) is 4.90 Å². The number of hydrogen-bond donors (Lipinski definition) is 3. The smallest absolute Gasteiger partial charge is 0.435 e. The number of piperidine rings is 1. The van der Waals surface area contributed by atoms with E-state index in [9.17, 15) is 27.9 Å². The predicted molar refractivity (Wildman–Crippen MR) is 110 cm³/mol. The average Bonchev–Trinajstić information content (AvgIpc) is 3.20. The van der Waals surface area contributed by atoms with Crippen molar-refractivity contribution in [1.82, 2.24) is 15.3 Å². The summed E-state index contributed by atoms with van der Waals surface area (Å²) in [6, 6.07) is 6.08. The zero-order chi connectivity index (χ0) is 23.5. The Morgan fingerprint density at radius 1 is 1.34 bits per heavy atom. The third-order valence-corrected chi connectivity index (χ3v) is 5.33. The topological polar surface area (TPSA) is 108 Å². The lowest BCUT2D eigenvalue weighted by molar-refractivity contribution is -0.141. The number of halogens is 3. The van der Waals surface area contributed by atoms with Crippen LogP contribution in [0.1, 0.15) is 52.6 Å². The second kappa shape index (κ2) is 9.60. The molecule has 11 heteroatoms. The maximum absolute atomic E-state index is 13.1. The van der Waals surface area contributed by atoms with E-state index in [-0.39, 0.29) is 23.5 Å². The number of carboxylic acid groups (broad SMARTS) is 1. The molecule has 32 heavy (non-hydrogen) atoms. The van der Waals surface area contributed by atoms with Crippen molar-refractivity contribution in [1.29, 1.82) is 0 Å². The zero-order valence-corrected chi connectivity index (χ0v) is 17.7. The number of nitrogens with zero attached hydrogens (tertiary/aromatic N) is 2. The summed E-state index contributed by atoms with van der Waals surface area (Å²) in [5, 5.41) is 12.0. The highest BCUT2D eigenvalue weighted by Gasteiger charge is 2.38. The van der Waals surface area contributed by atoms with Crippen LogP contribution in [0, 0.1) is 0 Å². The Morgan fingerprint density at radius 3 is 2.69 bits per heavy atom. The molecule has 0 bridgehead atoms. The Labute approximate surface area is 182 Å². The van der Waals surface area contributed by atoms with Crippen LogP contribution in [0.4, 0.5) is 18.9 Å².